The van der Waals surface area contributed by atoms with E-state index in [1.807, 2.05) is 65.5 Å². The molecule has 4 aliphatic heterocycles. The largest absolute Gasteiger partial charge is 0.505 e. The number of hydrogen-bond acceptors (Lipinski definition) is 11. The average Bonchev–Trinajstić information content (AvgIpc) is 3.68. The van der Waals surface area contributed by atoms with E-state index in [1.54, 1.807) is 53.1 Å². The van der Waals surface area contributed by atoms with Crippen LogP contribution in [0.2, 0.25) is 0 Å². The van der Waals surface area contributed by atoms with Crippen molar-refractivity contribution < 1.29 is 29.7 Å². The molecule has 0 saturated heterocycles. The summed E-state index contributed by atoms with van der Waals surface area (Å²) in [6.07, 6.45) is 17.1. The number of aromatic hydroxyl groups is 2. The molecule has 0 atom stereocenters. The Morgan fingerprint density at radius 2 is 1.29 bits per heavy atom. The average molecular weight is 885 g/mol. The van der Waals surface area contributed by atoms with Crippen molar-refractivity contribution in [3.63, 3.8) is 0 Å². The minimum atomic E-state index is -0.115. The highest BCUT2D eigenvalue weighted by molar-refractivity contribution is 5.97. The molecule has 8 rings (SSSR count). The van der Waals surface area contributed by atoms with E-state index in [0.29, 0.717) is 60.3 Å². The maximum Gasteiger partial charge on any atom is 0.421 e. The SMILES string of the molecule is C=C(N=Nc1cc2c3c(c1O)CCCN3CCC2)N(C)C=C[NH2+]CCCN(C)C(=O)c1ccc(C(=O)N(C)CCCn2cc[n+](C)c2N=Nc2cc3c4c(c2O)CCCN4CCC3)cc1. The number of aromatic nitrogens is 2. The van der Waals surface area contributed by atoms with Crippen LogP contribution in [-0.2, 0) is 39.3 Å². The summed E-state index contributed by atoms with van der Waals surface area (Å²) < 4.78 is 3.91. The fourth-order valence-corrected chi connectivity index (χ4v) is 9.60. The Morgan fingerprint density at radius 1 is 0.769 bits per heavy atom. The van der Waals surface area contributed by atoms with Gasteiger partial charge < -0.3 is 40.0 Å². The predicted octanol–water partition coefficient (Wildman–Crippen LogP) is 6.38. The topological polar surface area (TPSA) is 166 Å². The van der Waals surface area contributed by atoms with E-state index in [9.17, 15) is 19.8 Å². The number of phenols is 2. The van der Waals surface area contributed by atoms with Crippen molar-refractivity contribution in [1.29, 1.82) is 0 Å². The van der Waals surface area contributed by atoms with Gasteiger partial charge in [-0.25, -0.2) is 9.13 Å². The summed E-state index contributed by atoms with van der Waals surface area (Å²) in [7, 11) is 7.35. The molecule has 0 unspecified atom stereocenters. The van der Waals surface area contributed by atoms with Crippen LogP contribution in [0.25, 0.3) is 0 Å². The van der Waals surface area contributed by atoms with Crippen molar-refractivity contribution in [1.82, 2.24) is 19.3 Å². The molecule has 0 fully saturated rings. The maximum atomic E-state index is 13.4. The number of carbonyl (C=O) groups excluding carboxylic acids is 2. The molecule has 0 spiro atoms. The number of amides is 2. The smallest absolute Gasteiger partial charge is 0.421 e. The highest BCUT2D eigenvalue weighted by Gasteiger charge is 2.30. The van der Waals surface area contributed by atoms with Gasteiger partial charge in [0.2, 0.25) is 0 Å². The molecule has 0 aliphatic carbocycles. The second-order valence-corrected chi connectivity index (χ2v) is 17.8. The third-order valence-electron chi connectivity index (χ3n) is 13.2. The Morgan fingerprint density at radius 3 is 1.86 bits per heavy atom. The van der Waals surface area contributed by atoms with E-state index in [0.717, 1.165) is 102 Å². The molecule has 1 aromatic heterocycles. The van der Waals surface area contributed by atoms with Gasteiger partial charge in [-0.1, -0.05) is 11.7 Å². The first-order chi connectivity index (χ1) is 31.5. The van der Waals surface area contributed by atoms with Crippen molar-refractivity contribution >= 4 is 40.5 Å². The molecule has 5 heterocycles. The number of nitrogens with zero attached hydrogens (tertiary/aromatic N) is 11. The van der Waals surface area contributed by atoms with Gasteiger partial charge in [0.05, 0.1) is 38.7 Å². The number of azo groups is 2. The number of imidazole rings is 1. The number of carbonyl (C=O) groups is 2. The molecule has 65 heavy (non-hydrogen) atoms. The number of rotatable bonds is 17. The highest BCUT2D eigenvalue weighted by Crippen LogP contribution is 2.46. The Hall–Kier alpha value is -6.55. The lowest BCUT2D eigenvalue weighted by Crippen LogP contribution is -2.78. The first-order valence-corrected chi connectivity index (χ1v) is 23.1. The van der Waals surface area contributed by atoms with Gasteiger partial charge in [-0.2, -0.15) is 0 Å². The number of quaternary nitrogens is 1. The molecule has 4 aromatic rings. The van der Waals surface area contributed by atoms with Gasteiger partial charge in [-0.15, -0.1) is 10.2 Å². The van der Waals surface area contributed by atoms with Gasteiger partial charge in [0, 0.05) is 106 Å². The lowest BCUT2D eigenvalue weighted by Gasteiger charge is -2.37. The Bertz CT molecular complexity index is 2510. The number of anilines is 2. The fraction of sp³-hybridized carbons (Fsp3) is 0.449. The quantitative estimate of drug-likeness (QED) is 0.0629. The maximum absolute atomic E-state index is 13.4. The van der Waals surface area contributed by atoms with Gasteiger partial charge in [-0.3, -0.25) is 9.59 Å². The molecule has 16 nitrogen and oxygen atoms in total. The monoisotopic (exact) mass is 885 g/mol. The van der Waals surface area contributed by atoms with E-state index in [1.165, 1.54) is 22.5 Å². The molecule has 16 heteroatoms. The molecule has 4 aliphatic rings. The van der Waals surface area contributed by atoms with E-state index < -0.39 is 0 Å². The summed E-state index contributed by atoms with van der Waals surface area (Å²) in [4.78, 5) is 36.5. The lowest BCUT2D eigenvalue weighted by atomic mass is 9.90. The van der Waals surface area contributed by atoms with Crippen molar-refractivity contribution in [3.8, 4) is 11.5 Å². The summed E-state index contributed by atoms with van der Waals surface area (Å²) >= 11 is 0. The van der Waals surface area contributed by atoms with E-state index in [-0.39, 0.29) is 23.3 Å². The number of phenolic OH excluding ortho intramolecular Hbond substituents is 2. The van der Waals surface area contributed by atoms with Crippen LogP contribution in [-0.4, -0.2) is 108 Å². The first kappa shape index (κ1) is 45.0. The molecule has 0 saturated carbocycles. The van der Waals surface area contributed by atoms with Gasteiger partial charge in [-0.05, 0) is 105 Å². The molecule has 3 aromatic carbocycles. The minimum Gasteiger partial charge on any atom is -0.505 e. The van der Waals surface area contributed by atoms with Crippen LogP contribution in [0, 0.1) is 0 Å². The third-order valence-corrected chi connectivity index (χ3v) is 13.2. The molecule has 4 N–H and O–H groups in total. The van der Waals surface area contributed by atoms with E-state index >= 15 is 0 Å². The zero-order valence-electron chi connectivity index (χ0n) is 38.4. The van der Waals surface area contributed by atoms with Gasteiger partial charge >= 0.3 is 5.95 Å². The number of nitrogens with two attached hydrogens (primary N) is 1. The lowest BCUT2D eigenvalue weighted by molar-refractivity contribution is -0.657. The summed E-state index contributed by atoms with van der Waals surface area (Å²) in [6, 6.07) is 10.8. The second-order valence-electron chi connectivity index (χ2n) is 17.8. The van der Waals surface area contributed by atoms with E-state index in [4.69, 9.17) is 0 Å². The first-order valence-electron chi connectivity index (χ1n) is 23.1. The fourth-order valence-electron chi connectivity index (χ4n) is 9.60. The van der Waals surface area contributed by atoms with Crippen LogP contribution >= 0.6 is 0 Å². The molecule has 0 bridgehead atoms. The van der Waals surface area contributed by atoms with Crippen LogP contribution in [0.15, 0.2) is 94.0 Å². The zero-order valence-corrected chi connectivity index (χ0v) is 38.4. The summed E-state index contributed by atoms with van der Waals surface area (Å²) in [5.41, 5.74) is 8.91. The molecule has 2 amide bonds. The van der Waals surface area contributed by atoms with Gasteiger partial charge in [0.15, 0.2) is 0 Å². The summed E-state index contributed by atoms with van der Waals surface area (Å²) in [5.74, 6) is 1.35. The van der Waals surface area contributed by atoms with Gasteiger partial charge in [0.25, 0.3) is 11.8 Å². The molecular weight excluding hydrogens is 821 g/mol. The van der Waals surface area contributed by atoms with Crippen LogP contribution in [0.5, 0.6) is 11.5 Å². The van der Waals surface area contributed by atoms with Crippen LogP contribution in [0.3, 0.4) is 0 Å². The number of aryl methyl sites for hydroxylation is 4. The van der Waals surface area contributed by atoms with Crippen molar-refractivity contribution in [2.24, 2.45) is 27.5 Å². The van der Waals surface area contributed by atoms with Crippen LogP contribution in [0.4, 0.5) is 28.7 Å². The minimum absolute atomic E-state index is 0.100. The molecule has 0 radical (unpaired) electrons. The van der Waals surface area contributed by atoms with Crippen LogP contribution < -0.4 is 19.7 Å². The molecule has 342 valence electrons. The van der Waals surface area contributed by atoms with Crippen molar-refractivity contribution in [2.45, 2.75) is 70.8 Å². The third kappa shape index (κ3) is 9.92. The molecular formula is C49H64N12O4+2. The predicted molar refractivity (Wildman–Crippen MR) is 251 cm³/mol. The normalized spacial score (nSPS) is 15.4. The number of benzene rings is 3. The Labute approximate surface area is 381 Å². The summed E-state index contributed by atoms with van der Waals surface area (Å²) in [5, 5.41) is 42.0. The summed E-state index contributed by atoms with van der Waals surface area (Å²) in [6.45, 7) is 10.7. The standard InChI is InChI=1S/C49H62N12O4/c1-34(51-52-41-32-37-12-6-24-59-26-8-14-39(43(37)59)45(41)62)55(2)29-21-50-20-10-22-56(3)47(64)35-16-18-36(19-17-35)48(65)57(4)23-11-28-61-31-30-58(5)49(61)54-53-42-33-38-13-7-25-60-27-9-15-40(44(38)60)46(42)63/h16-19,21,29-33,50H,1,6-15,20,22-28H2,2-5H3,(H,51,62)/p+2. The van der Waals surface area contributed by atoms with E-state index in [2.05, 4.69) is 36.8 Å². The second kappa shape index (κ2) is 20.1. The van der Waals surface area contributed by atoms with Crippen molar-refractivity contribution in [3.05, 3.63) is 107 Å². The zero-order chi connectivity index (χ0) is 45.6. The van der Waals surface area contributed by atoms with Crippen molar-refractivity contribution in [2.75, 3.05) is 76.8 Å². The Kier molecular flexibility index (Phi) is 13.9. The van der Waals surface area contributed by atoms with Gasteiger partial charge in [0.1, 0.15) is 34.9 Å². The van der Waals surface area contributed by atoms with Crippen LogP contribution in [0.1, 0.15) is 81.5 Å². The Balaban J connectivity index is 0.754. The number of hydrogen-bond donors (Lipinski definition) is 3. The highest BCUT2D eigenvalue weighted by atomic mass is 16.3.